The minimum atomic E-state index is -0.130. The van der Waals surface area contributed by atoms with Crippen molar-refractivity contribution >= 4 is 45.0 Å². The number of nitrogens with zero attached hydrogens (tertiary/aromatic N) is 3. The van der Waals surface area contributed by atoms with Crippen molar-refractivity contribution in [3.63, 3.8) is 0 Å². The van der Waals surface area contributed by atoms with Crippen molar-refractivity contribution in [3.05, 3.63) is 98.2 Å². The fraction of sp³-hybridized carbons (Fsp3) is 0.217. The molecule has 0 aliphatic carbocycles. The van der Waals surface area contributed by atoms with Crippen LogP contribution in [0.15, 0.2) is 71.3 Å². The molecule has 1 amide bonds. The third-order valence-electron chi connectivity index (χ3n) is 5.30. The summed E-state index contributed by atoms with van der Waals surface area (Å²) in [4.78, 5) is 21.2. The number of hydrogen-bond donors (Lipinski definition) is 0. The Balaban J connectivity index is 1.53. The first-order chi connectivity index (χ1) is 14.5. The van der Waals surface area contributed by atoms with Crippen LogP contribution in [0.3, 0.4) is 0 Å². The van der Waals surface area contributed by atoms with E-state index in [0.29, 0.717) is 23.7 Å². The van der Waals surface area contributed by atoms with Crippen molar-refractivity contribution in [1.82, 2.24) is 14.8 Å². The topological polar surface area (TPSA) is 36.4 Å². The number of hydrogen-bond acceptors (Lipinski definition) is 3. The molecule has 1 unspecified atom stereocenters. The highest BCUT2D eigenvalue weighted by atomic mass is 79.9. The van der Waals surface area contributed by atoms with Crippen molar-refractivity contribution < 1.29 is 4.79 Å². The quantitative estimate of drug-likeness (QED) is 0.427. The standard InChI is InChI=1S/C23H20BrCl2N3O/c24-18-8-6-17(7-9-18)21(16-4-2-1-3-5-16)28-10-12-29(13-11-28)23(30)20-14-19(25)15-27-22(20)26/h1-9,14-15,21H,10-13H2. The summed E-state index contributed by atoms with van der Waals surface area (Å²) in [5, 5.41) is 0.588. The van der Waals surface area contributed by atoms with E-state index in [9.17, 15) is 4.79 Å². The van der Waals surface area contributed by atoms with Crippen LogP contribution in [0.25, 0.3) is 0 Å². The molecule has 3 aromatic rings. The zero-order chi connectivity index (χ0) is 21.1. The number of piperazine rings is 1. The molecule has 4 nitrogen and oxygen atoms in total. The first-order valence-electron chi connectivity index (χ1n) is 9.68. The van der Waals surface area contributed by atoms with E-state index in [1.807, 2.05) is 11.0 Å². The maximum atomic E-state index is 12.9. The molecule has 1 saturated heterocycles. The summed E-state index contributed by atoms with van der Waals surface area (Å²) in [7, 11) is 0. The molecule has 2 aromatic carbocycles. The molecule has 7 heteroatoms. The smallest absolute Gasteiger partial charge is 0.257 e. The SMILES string of the molecule is O=C(c1cc(Cl)cnc1Cl)N1CCN(C(c2ccccc2)c2ccc(Br)cc2)CC1. The third-order valence-corrected chi connectivity index (χ3v) is 6.34. The van der Waals surface area contributed by atoms with Crippen LogP contribution in [0.2, 0.25) is 10.2 Å². The van der Waals surface area contributed by atoms with Gasteiger partial charge in [0.05, 0.1) is 16.6 Å². The van der Waals surface area contributed by atoms with E-state index in [4.69, 9.17) is 23.2 Å². The predicted octanol–water partition coefficient (Wildman–Crippen LogP) is 5.70. The van der Waals surface area contributed by atoms with Gasteiger partial charge in [0.25, 0.3) is 5.91 Å². The van der Waals surface area contributed by atoms with Crippen LogP contribution in [-0.4, -0.2) is 46.9 Å². The lowest BCUT2D eigenvalue weighted by molar-refractivity contribution is 0.0597. The van der Waals surface area contributed by atoms with Gasteiger partial charge in [-0.3, -0.25) is 9.69 Å². The summed E-state index contributed by atoms with van der Waals surface area (Å²) in [5.41, 5.74) is 2.82. The molecule has 1 aromatic heterocycles. The second kappa shape index (κ2) is 9.48. The summed E-state index contributed by atoms with van der Waals surface area (Å²) >= 11 is 15.7. The summed E-state index contributed by atoms with van der Waals surface area (Å²) in [6, 6.07) is 20.6. The molecule has 0 spiro atoms. The number of benzene rings is 2. The van der Waals surface area contributed by atoms with Gasteiger partial charge in [-0.2, -0.15) is 0 Å². The van der Waals surface area contributed by atoms with Gasteiger partial charge in [-0.05, 0) is 29.3 Å². The van der Waals surface area contributed by atoms with Gasteiger partial charge >= 0.3 is 0 Å². The summed E-state index contributed by atoms with van der Waals surface area (Å²) in [6.45, 7) is 2.74. The Labute approximate surface area is 194 Å². The van der Waals surface area contributed by atoms with Gasteiger partial charge in [0.1, 0.15) is 5.15 Å². The number of halogens is 3. The zero-order valence-electron chi connectivity index (χ0n) is 16.1. The Morgan fingerprint density at radius 1 is 0.933 bits per heavy atom. The average Bonchev–Trinajstić information content (AvgIpc) is 2.78. The van der Waals surface area contributed by atoms with E-state index in [1.54, 1.807) is 6.07 Å². The number of carbonyl (C=O) groups excluding carboxylic acids is 1. The molecule has 30 heavy (non-hydrogen) atoms. The summed E-state index contributed by atoms with van der Waals surface area (Å²) < 4.78 is 1.06. The first kappa shape index (κ1) is 21.3. The Kier molecular flexibility index (Phi) is 6.74. The number of aromatic nitrogens is 1. The van der Waals surface area contributed by atoms with E-state index in [2.05, 4.69) is 74.3 Å². The zero-order valence-corrected chi connectivity index (χ0v) is 19.2. The monoisotopic (exact) mass is 503 g/mol. The largest absolute Gasteiger partial charge is 0.336 e. The van der Waals surface area contributed by atoms with Crippen LogP contribution in [0.5, 0.6) is 0 Å². The lowest BCUT2D eigenvalue weighted by Crippen LogP contribution is -2.50. The normalized spacial score (nSPS) is 15.8. The van der Waals surface area contributed by atoms with Crippen LogP contribution < -0.4 is 0 Å². The number of carbonyl (C=O) groups is 1. The highest BCUT2D eigenvalue weighted by Crippen LogP contribution is 2.31. The molecule has 0 N–H and O–H groups in total. The molecule has 0 saturated carbocycles. The fourth-order valence-corrected chi connectivity index (χ4v) is 4.43. The van der Waals surface area contributed by atoms with E-state index in [1.165, 1.54) is 17.3 Å². The Morgan fingerprint density at radius 3 is 2.23 bits per heavy atom. The fourth-order valence-electron chi connectivity index (χ4n) is 3.82. The molecular formula is C23H20BrCl2N3O. The van der Waals surface area contributed by atoms with Crippen molar-refractivity contribution in [1.29, 1.82) is 0 Å². The summed E-state index contributed by atoms with van der Waals surface area (Å²) in [6.07, 6.45) is 1.45. The van der Waals surface area contributed by atoms with Crippen molar-refractivity contribution in [2.45, 2.75) is 6.04 Å². The molecule has 0 bridgehead atoms. The van der Waals surface area contributed by atoms with Gasteiger partial charge in [0.15, 0.2) is 0 Å². The number of amides is 1. The van der Waals surface area contributed by atoms with Gasteiger partial charge in [-0.1, -0.05) is 81.6 Å². The van der Waals surface area contributed by atoms with E-state index < -0.39 is 0 Å². The Bertz CT molecular complexity index is 1020. The third kappa shape index (κ3) is 4.70. The Hall–Kier alpha value is -1.92. The molecular weight excluding hydrogens is 485 g/mol. The van der Waals surface area contributed by atoms with E-state index in [-0.39, 0.29) is 17.1 Å². The van der Waals surface area contributed by atoms with E-state index in [0.717, 1.165) is 17.6 Å². The number of pyridine rings is 1. The van der Waals surface area contributed by atoms with Crippen molar-refractivity contribution in [2.75, 3.05) is 26.2 Å². The predicted molar refractivity (Wildman–Crippen MR) is 124 cm³/mol. The molecule has 1 fully saturated rings. The molecule has 154 valence electrons. The highest BCUT2D eigenvalue weighted by molar-refractivity contribution is 9.10. The molecule has 1 aliphatic heterocycles. The minimum Gasteiger partial charge on any atom is -0.336 e. The van der Waals surface area contributed by atoms with Crippen molar-refractivity contribution in [3.8, 4) is 0 Å². The molecule has 1 atom stereocenters. The van der Waals surface area contributed by atoms with Gasteiger partial charge in [-0.15, -0.1) is 0 Å². The van der Waals surface area contributed by atoms with Crippen molar-refractivity contribution in [2.24, 2.45) is 0 Å². The van der Waals surface area contributed by atoms with Crippen LogP contribution in [0, 0.1) is 0 Å². The van der Waals surface area contributed by atoms with Crippen LogP contribution in [0.1, 0.15) is 27.5 Å². The summed E-state index contributed by atoms with van der Waals surface area (Å²) in [5.74, 6) is -0.130. The minimum absolute atomic E-state index is 0.130. The van der Waals surface area contributed by atoms with Gasteiger partial charge < -0.3 is 4.90 Å². The highest BCUT2D eigenvalue weighted by Gasteiger charge is 2.29. The van der Waals surface area contributed by atoms with E-state index >= 15 is 0 Å². The van der Waals surface area contributed by atoms with Gasteiger partial charge in [-0.25, -0.2) is 4.98 Å². The van der Waals surface area contributed by atoms with Gasteiger partial charge in [0, 0.05) is 36.8 Å². The molecule has 1 aliphatic rings. The van der Waals surface area contributed by atoms with Crippen LogP contribution in [0.4, 0.5) is 0 Å². The molecule has 2 heterocycles. The molecule has 4 rings (SSSR count). The van der Waals surface area contributed by atoms with Crippen LogP contribution >= 0.6 is 39.1 Å². The second-order valence-corrected chi connectivity index (χ2v) is 8.89. The first-order valence-corrected chi connectivity index (χ1v) is 11.2. The maximum Gasteiger partial charge on any atom is 0.257 e. The Morgan fingerprint density at radius 2 is 1.57 bits per heavy atom. The average molecular weight is 505 g/mol. The van der Waals surface area contributed by atoms with Crippen LogP contribution in [-0.2, 0) is 0 Å². The maximum absolute atomic E-state index is 12.9. The molecule has 0 radical (unpaired) electrons. The number of rotatable bonds is 4. The lowest BCUT2D eigenvalue weighted by atomic mass is 9.96. The lowest BCUT2D eigenvalue weighted by Gasteiger charge is -2.40. The second-order valence-electron chi connectivity index (χ2n) is 7.18. The van der Waals surface area contributed by atoms with Gasteiger partial charge in [0.2, 0.25) is 0 Å².